The second kappa shape index (κ2) is 9.83. The van der Waals surface area contributed by atoms with Crippen LogP contribution in [-0.4, -0.2) is 25.4 Å². The molecule has 0 aliphatic carbocycles. The molecule has 2 aromatic carbocycles. The molecule has 2 aromatic rings. The number of nitrogens with one attached hydrogen (secondary N) is 1. The molecule has 1 aliphatic rings. The number of halogens is 8. The van der Waals surface area contributed by atoms with Gasteiger partial charge >= 0.3 is 12.4 Å². The van der Waals surface area contributed by atoms with Crippen molar-refractivity contribution in [3.63, 3.8) is 0 Å². The van der Waals surface area contributed by atoms with E-state index in [9.17, 15) is 31.1 Å². The molecule has 1 saturated heterocycles. The van der Waals surface area contributed by atoms with E-state index < -0.39 is 42.7 Å². The zero-order valence-corrected chi connectivity index (χ0v) is 19.3. The first-order valence-corrected chi connectivity index (χ1v) is 10.9. The Labute approximate surface area is 201 Å². The van der Waals surface area contributed by atoms with Crippen LogP contribution in [0.15, 0.2) is 36.4 Å². The number of hydrogen-bond donors (Lipinski definition) is 1. The molecule has 34 heavy (non-hydrogen) atoms. The van der Waals surface area contributed by atoms with Crippen LogP contribution in [0.25, 0.3) is 0 Å². The lowest BCUT2D eigenvalue weighted by molar-refractivity contribution is -0.264. The quantitative estimate of drug-likeness (QED) is 0.425. The number of benzene rings is 2. The van der Waals surface area contributed by atoms with E-state index in [-0.39, 0.29) is 39.8 Å². The Hall–Kier alpha value is -2.17. The summed E-state index contributed by atoms with van der Waals surface area (Å²) in [4.78, 5) is 12.7. The van der Waals surface area contributed by atoms with Crippen LogP contribution >= 0.6 is 23.2 Å². The Kier molecular flexibility index (Phi) is 7.64. The van der Waals surface area contributed by atoms with Crippen LogP contribution in [0, 0.1) is 0 Å². The molecule has 1 aliphatic heterocycles. The molecule has 1 N–H and O–H groups in total. The summed E-state index contributed by atoms with van der Waals surface area (Å²) in [5, 5.41) is 2.34. The maximum atomic E-state index is 14.2. The predicted molar refractivity (Wildman–Crippen MR) is 116 cm³/mol. The third kappa shape index (κ3) is 5.55. The van der Waals surface area contributed by atoms with Gasteiger partial charge in [0, 0.05) is 28.7 Å². The van der Waals surface area contributed by atoms with Gasteiger partial charge in [0.25, 0.3) is 0 Å². The van der Waals surface area contributed by atoms with Crippen molar-refractivity contribution in [2.45, 2.75) is 44.3 Å². The Morgan fingerprint density at radius 3 is 2.29 bits per heavy atom. The molecular weight excluding hydrogens is 509 g/mol. The molecule has 1 amide bonds. The number of ether oxygens (including phenoxy) is 1. The molecule has 1 atom stereocenters. The highest BCUT2D eigenvalue weighted by Crippen LogP contribution is 2.48. The maximum absolute atomic E-state index is 14.2. The van der Waals surface area contributed by atoms with Crippen LogP contribution in [0.1, 0.15) is 36.5 Å². The number of alkyl halides is 6. The number of carbonyl (C=O) groups excluding carboxylic acids is 1. The molecule has 4 nitrogen and oxygen atoms in total. The number of rotatable bonds is 6. The van der Waals surface area contributed by atoms with E-state index in [0.29, 0.717) is 6.42 Å². The van der Waals surface area contributed by atoms with E-state index >= 15 is 0 Å². The predicted octanol–water partition coefficient (Wildman–Crippen LogP) is 6.68. The van der Waals surface area contributed by atoms with Crippen LogP contribution in [-0.2, 0) is 27.9 Å². The fourth-order valence-corrected chi connectivity index (χ4v) is 4.23. The summed E-state index contributed by atoms with van der Waals surface area (Å²) in [5.41, 5.74) is -4.57. The van der Waals surface area contributed by atoms with Gasteiger partial charge in [0.15, 0.2) is 0 Å². The molecule has 186 valence electrons. The summed E-state index contributed by atoms with van der Waals surface area (Å²) in [6.45, 7) is -0.0332. The summed E-state index contributed by atoms with van der Waals surface area (Å²) < 4.78 is 88.8. The lowest BCUT2D eigenvalue weighted by Gasteiger charge is -2.31. The first kappa shape index (κ1) is 26.4. The lowest BCUT2D eigenvalue weighted by atomic mass is 9.92. The van der Waals surface area contributed by atoms with Crippen molar-refractivity contribution in [3.05, 3.63) is 63.1 Å². The standard InChI is InChI=1S/C22H20Cl2F6N2O2/c1-2-3-19(33)31-10-13-4-5-17(9-18(13)21(25,26)27)32-11-20(34-12-32,22(28,29)30)14-6-15(23)8-16(24)7-14/h4-9H,2-3,10-12H2,1H3,(H,31,33). The van der Waals surface area contributed by atoms with Gasteiger partial charge in [-0.25, -0.2) is 0 Å². The highest BCUT2D eigenvalue weighted by Gasteiger charge is 2.61. The number of hydrogen-bond acceptors (Lipinski definition) is 3. The van der Waals surface area contributed by atoms with Gasteiger partial charge < -0.3 is 15.0 Å². The van der Waals surface area contributed by atoms with E-state index in [1.54, 1.807) is 6.92 Å². The van der Waals surface area contributed by atoms with Gasteiger partial charge in [-0.3, -0.25) is 4.79 Å². The number of anilines is 1. The van der Waals surface area contributed by atoms with Gasteiger partial charge in [0.1, 0.15) is 6.73 Å². The molecule has 1 unspecified atom stereocenters. The monoisotopic (exact) mass is 528 g/mol. The fourth-order valence-electron chi connectivity index (χ4n) is 3.70. The molecule has 1 fully saturated rings. The van der Waals surface area contributed by atoms with E-state index in [4.69, 9.17) is 27.9 Å². The van der Waals surface area contributed by atoms with Crippen molar-refractivity contribution >= 4 is 34.8 Å². The summed E-state index contributed by atoms with van der Waals surface area (Å²) in [7, 11) is 0. The van der Waals surface area contributed by atoms with Crippen molar-refractivity contribution in [2.75, 3.05) is 18.2 Å². The molecule has 1 heterocycles. The van der Waals surface area contributed by atoms with E-state index in [1.165, 1.54) is 12.1 Å². The number of carbonyl (C=O) groups is 1. The Bertz CT molecular complexity index is 1040. The van der Waals surface area contributed by atoms with Gasteiger partial charge in [-0.05, 0) is 47.9 Å². The smallest absolute Gasteiger partial charge is 0.352 e. The molecule has 3 rings (SSSR count). The first-order valence-electron chi connectivity index (χ1n) is 10.2. The minimum atomic E-state index is -4.91. The second-order valence-corrected chi connectivity index (χ2v) is 8.69. The minimum absolute atomic E-state index is 0.0398. The van der Waals surface area contributed by atoms with Crippen LogP contribution in [0.5, 0.6) is 0 Å². The average molecular weight is 529 g/mol. The SMILES string of the molecule is CCCC(=O)NCc1ccc(N2COC(c3cc(Cl)cc(Cl)c3)(C(F)(F)F)C2)cc1C(F)(F)F. The average Bonchev–Trinajstić information content (AvgIpc) is 3.18. The van der Waals surface area contributed by atoms with Crippen LogP contribution in [0.3, 0.4) is 0 Å². The van der Waals surface area contributed by atoms with Crippen molar-refractivity contribution in [3.8, 4) is 0 Å². The number of nitrogens with zero attached hydrogens (tertiary/aromatic N) is 1. The van der Waals surface area contributed by atoms with Crippen LogP contribution < -0.4 is 10.2 Å². The van der Waals surface area contributed by atoms with Crippen molar-refractivity contribution in [1.29, 1.82) is 0 Å². The van der Waals surface area contributed by atoms with Gasteiger partial charge in [-0.2, -0.15) is 26.3 Å². The van der Waals surface area contributed by atoms with E-state index in [1.807, 2.05) is 0 Å². The molecule has 0 radical (unpaired) electrons. The van der Waals surface area contributed by atoms with E-state index in [0.717, 1.165) is 29.2 Å². The maximum Gasteiger partial charge on any atom is 0.423 e. The van der Waals surface area contributed by atoms with E-state index in [2.05, 4.69) is 5.32 Å². The van der Waals surface area contributed by atoms with Crippen LogP contribution in [0.2, 0.25) is 10.0 Å². The highest BCUT2D eigenvalue weighted by atomic mass is 35.5. The molecule has 0 bridgehead atoms. The molecule has 12 heteroatoms. The highest BCUT2D eigenvalue weighted by molar-refractivity contribution is 6.34. The van der Waals surface area contributed by atoms with Gasteiger partial charge in [0.2, 0.25) is 11.5 Å². The molecular formula is C22H20Cl2F6N2O2. The Morgan fingerprint density at radius 1 is 1.09 bits per heavy atom. The summed E-state index contributed by atoms with van der Waals surface area (Å²) in [6, 6.07) is 6.53. The molecule has 0 spiro atoms. The Balaban J connectivity index is 1.95. The normalized spacial score (nSPS) is 18.9. The largest absolute Gasteiger partial charge is 0.423 e. The second-order valence-electron chi connectivity index (χ2n) is 7.82. The fraction of sp³-hybridized carbons (Fsp3) is 0.409. The third-order valence-corrected chi connectivity index (χ3v) is 5.82. The number of amides is 1. The Morgan fingerprint density at radius 2 is 1.74 bits per heavy atom. The molecule has 0 aromatic heterocycles. The third-order valence-electron chi connectivity index (χ3n) is 5.38. The summed E-state index contributed by atoms with van der Waals surface area (Å²) in [5.74, 6) is -0.400. The zero-order valence-electron chi connectivity index (χ0n) is 17.8. The lowest BCUT2D eigenvalue weighted by Crippen LogP contribution is -2.46. The molecule has 0 saturated carbocycles. The van der Waals surface area contributed by atoms with Crippen molar-refractivity contribution in [1.82, 2.24) is 5.32 Å². The minimum Gasteiger partial charge on any atom is -0.352 e. The zero-order chi connectivity index (χ0) is 25.3. The van der Waals surface area contributed by atoms with Crippen molar-refractivity contribution < 1.29 is 35.9 Å². The summed E-state index contributed by atoms with van der Waals surface area (Å²) in [6.07, 6.45) is -9.00. The topological polar surface area (TPSA) is 41.6 Å². The first-order chi connectivity index (χ1) is 15.8. The van der Waals surface area contributed by atoms with Gasteiger partial charge in [-0.1, -0.05) is 36.2 Å². The van der Waals surface area contributed by atoms with Gasteiger partial charge in [0.05, 0.1) is 12.1 Å². The van der Waals surface area contributed by atoms with Gasteiger partial charge in [-0.15, -0.1) is 0 Å². The summed E-state index contributed by atoms with van der Waals surface area (Å²) >= 11 is 11.8. The van der Waals surface area contributed by atoms with Crippen LogP contribution in [0.4, 0.5) is 32.0 Å². The van der Waals surface area contributed by atoms with Crippen molar-refractivity contribution in [2.24, 2.45) is 0 Å².